The third-order valence-electron chi connectivity index (χ3n) is 5.86. The Balaban J connectivity index is 1.71. The van der Waals surface area contributed by atoms with Gasteiger partial charge < -0.3 is 9.47 Å². The summed E-state index contributed by atoms with van der Waals surface area (Å²) in [5, 5.41) is 1.47. The average Bonchev–Trinajstić information content (AvgIpc) is 2.90. The summed E-state index contributed by atoms with van der Waals surface area (Å²) in [5.74, 6) is 1.22. The fourth-order valence-corrected chi connectivity index (χ4v) is 4.89. The number of rotatable bonds is 1. The van der Waals surface area contributed by atoms with Crippen LogP contribution in [-0.4, -0.2) is 28.0 Å². The van der Waals surface area contributed by atoms with Crippen LogP contribution < -0.4 is 0 Å². The molecule has 2 aliphatic heterocycles. The Labute approximate surface area is 142 Å². The maximum absolute atomic E-state index is 4.20. The van der Waals surface area contributed by atoms with E-state index in [1.165, 1.54) is 35.0 Å². The summed E-state index contributed by atoms with van der Waals surface area (Å²) < 4.78 is 2.62. The fourth-order valence-electron chi connectivity index (χ4n) is 4.89. The summed E-state index contributed by atoms with van der Waals surface area (Å²) in [5.41, 5.74) is 7.39. The summed E-state index contributed by atoms with van der Waals surface area (Å²) >= 11 is 0. The summed E-state index contributed by atoms with van der Waals surface area (Å²) in [6.45, 7) is 5.55. The van der Waals surface area contributed by atoms with Gasteiger partial charge in [-0.15, -0.1) is 0 Å². The van der Waals surface area contributed by atoms with Crippen LogP contribution in [-0.2, 0) is 13.1 Å². The van der Waals surface area contributed by atoms with Gasteiger partial charge >= 0.3 is 0 Å². The van der Waals surface area contributed by atoms with Crippen LogP contribution in [0.25, 0.3) is 10.9 Å². The van der Waals surface area contributed by atoms with Crippen molar-refractivity contribution in [1.82, 2.24) is 14.5 Å². The highest BCUT2D eigenvalue weighted by molar-refractivity contribution is 5.87. The summed E-state index contributed by atoms with van der Waals surface area (Å²) in [4.78, 5) is 6.69. The third-order valence-corrected chi connectivity index (χ3v) is 5.86. The van der Waals surface area contributed by atoms with Crippen LogP contribution in [0.2, 0.25) is 0 Å². The van der Waals surface area contributed by atoms with E-state index in [2.05, 4.69) is 58.8 Å². The molecule has 24 heavy (non-hydrogen) atoms. The molecular weight excluding hydrogens is 294 g/mol. The molecule has 2 aliphatic rings. The van der Waals surface area contributed by atoms with Crippen LogP contribution in [0, 0.1) is 6.92 Å². The van der Waals surface area contributed by atoms with Crippen molar-refractivity contribution in [3.63, 3.8) is 0 Å². The molecule has 2 unspecified atom stereocenters. The summed E-state index contributed by atoms with van der Waals surface area (Å²) in [6.07, 6.45) is 5.11. The van der Waals surface area contributed by atoms with E-state index < -0.39 is 0 Å². The topological polar surface area (TPSA) is 21.1 Å². The predicted octanol–water partition coefficient (Wildman–Crippen LogP) is 4.06. The van der Waals surface area contributed by atoms with E-state index in [0.717, 1.165) is 13.1 Å². The molecule has 4 heterocycles. The van der Waals surface area contributed by atoms with Crippen LogP contribution >= 0.6 is 0 Å². The van der Waals surface area contributed by atoms with Crippen molar-refractivity contribution in [2.45, 2.75) is 38.3 Å². The lowest BCUT2D eigenvalue weighted by atomic mass is 9.81. The lowest BCUT2D eigenvalue weighted by Crippen LogP contribution is -2.35. The minimum Gasteiger partial charge on any atom is -0.343 e. The van der Waals surface area contributed by atoms with Crippen molar-refractivity contribution in [3.8, 4) is 0 Å². The van der Waals surface area contributed by atoms with E-state index in [1.54, 1.807) is 11.3 Å². The fraction of sp³-hybridized carbons (Fsp3) is 0.381. The number of likely N-dealkylation sites (N-methyl/N-ethyl adjacent to an activating group) is 1. The number of pyridine rings is 1. The van der Waals surface area contributed by atoms with Gasteiger partial charge in [0.15, 0.2) is 0 Å². The first-order valence-corrected chi connectivity index (χ1v) is 8.91. The minimum atomic E-state index is 0.585. The number of aryl methyl sites for hydroxylation is 1. The van der Waals surface area contributed by atoms with E-state index in [-0.39, 0.29) is 0 Å². The smallest absolute Gasteiger partial charge is 0.0486 e. The first-order valence-electron chi connectivity index (χ1n) is 8.91. The molecule has 0 N–H and O–H groups in total. The second-order valence-corrected chi connectivity index (χ2v) is 7.60. The lowest BCUT2D eigenvalue weighted by molar-refractivity contribution is 0.244. The van der Waals surface area contributed by atoms with Gasteiger partial charge in [0.05, 0.1) is 0 Å². The van der Waals surface area contributed by atoms with Crippen molar-refractivity contribution in [3.05, 3.63) is 65.1 Å². The molecule has 0 amide bonds. The maximum Gasteiger partial charge on any atom is 0.0486 e. The Bertz CT molecular complexity index is 910. The van der Waals surface area contributed by atoms with Crippen molar-refractivity contribution in [2.75, 3.05) is 13.6 Å². The molecule has 3 aromatic rings. The highest BCUT2D eigenvalue weighted by atomic mass is 15.1. The second-order valence-electron chi connectivity index (χ2n) is 7.60. The van der Waals surface area contributed by atoms with E-state index >= 15 is 0 Å². The molecular formula is C21H23N3. The van der Waals surface area contributed by atoms with Gasteiger partial charge in [-0.2, -0.15) is 0 Å². The lowest BCUT2D eigenvalue weighted by Gasteiger charge is -2.38. The molecule has 0 fully saturated rings. The summed E-state index contributed by atoms with van der Waals surface area (Å²) in [6, 6.07) is 11.4. The van der Waals surface area contributed by atoms with Crippen LogP contribution in [0.15, 0.2) is 42.7 Å². The number of benzene rings is 1. The Morgan fingerprint density at radius 3 is 2.71 bits per heavy atom. The van der Waals surface area contributed by atoms with E-state index in [9.17, 15) is 0 Å². The van der Waals surface area contributed by atoms with Crippen molar-refractivity contribution in [2.24, 2.45) is 0 Å². The van der Waals surface area contributed by atoms with Gasteiger partial charge in [0, 0.05) is 60.5 Å². The van der Waals surface area contributed by atoms with E-state index in [4.69, 9.17) is 0 Å². The minimum absolute atomic E-state index is 0.585. The molecule has 0 bridgehead atoms. The first-order chi connectivity index (χ1) is 11.7. The zero-order valence-electron chi connectivity index (χ0n) is 14.4. The monoisotopic (exact) mass is 317 g/mol. The predicted molar refractivity (Wildman–Crippen MR) is 97.3 cm³/mol. The largest absolute Gasteiger partial charge is 0.343 e. The molecule has 0 saturated heterocycles. The quantitative estimate of drug-likeness (QED) is 0.675. The highest BCUT2D eigenvalue weighted by Crippen LogP contribution is 2.45. The van der Waals surface area contributed by atoms with E-state index in [1.807, 2.05) is 12.4 Å². The summed E-state index contributed by atoms with van der Waals surface area (Å²) in [7, 11) is 2.26. The van der Waals surface area contributed by atoms with Gasteiger partial charge in [0.2, 0.25) is 0 Å². The van der Waals surface area contributed by atoms with Gasteiger partial charge in [-0.05, 0) is 55.8 Å². The molecule has 2 aromatic heterocycles. The second kappa shape index (κ2) is 5.18. The maximum atomic E-state index is 4.20. The van der Waals surface area contributed by atoms with Gasteiger partial charge in [0.1, 0.15) is 0 Å². The SMILES string of the molecule is Cc1ccc2c(c1)c1c3n2CC(c2ccncc2)CC3CN(C)C1. The molecule has 2 atom stereocenters. The zero-order chi connectivity index (χ0) is 16.3. The Hall–Kier alpha value is -2.13. The molecule has 3 heteroatoms. The Morgan fingerprint density at radius 2 is 1.88 bits per heavy atom. The van der Waals surface area contributed by atoms with Gasteiger partial charge in [-0.25, -0.2) is 0 Å². The first kappa shape index (κ1) is 14.2. The molecule has 0 radical (unpaired) electrons. The van der Waals surface area contributed by atoms with Gasteiger partial charge in [-0.1, -0.05) is 11.6 Å². The van der Waals surface area contributed by atoms with Crippen LogP contribution in [0.4, 0.5) is 0 Å². The van der Waals surface area contributed by atoms with E-state index in [0.29, 0.717) is 11.8 Å². The molecule has 0 aliphatic carbocycles. The number of aromatic nitrogens is 2. The van der Waals surface area contributed by atoms with Crippen molar-refractivity contribution < 1.29 is 0 Å². The van der Waals surface area contributed by atoms with Crippen LogP contribution in [0.3, 0.4) is 0 Å². The van der Waals surface area contributed by atoms with Gasteiger partial charge in [0.25, 0.3) is 0 Å². The third kappa shape index (κ3) is 2.04. The van der Waals surface area contributed by atoms with Gasteiger partial charge in [-0.3, -0.25) is 4.98 Å². The van der Waals surface area contributed by atoms with Crippen molar-refractivity contribution >= 4 is 10.9 Å². The number of hydrogen-bond donors (Lipinski definition) is 0. The molecule has 122 valence electrons. The highest BCUT2D eigenvalue weighted by Gasteiger charge is 2.36. The Kier molecular flexibility index (Phi) is 3.07. The molecule has 0 spiro atoms. The molecule has 1 aromatic carbocycles. The van der Waals surface area contributed by atoms with Crippen LogP contribution in [0.1, 0.15) is 40.6 Å². The Morgan fingerprint density at radius 1 is 1.04 bits per heavy atom. The average molecular weight is 317 g/mol. The number of fused-ring (bicyclic) bond motifs is 3. The molecule has 5 rings (SSSR count). The molecule has 0 saturated carbocycles. The zero-order valence-corrected chi connectivity index (χ0v) is 14.4. The van der Waals surface area contributed by atoms with Crippen LogP contribution in [0.5, 0.6) is 0 Å². The number of nitrogens with zero attached hydrogens (tertiary/aromatic N) is 3. The molecule has 3 nitrogen and oxygen atoms in total. The normalized spacial score (nSPS) is 23.4. The standard InChI is InChI=1S/C21H23N3/c1-14-3-4-20-18(9-14)19-13-23(2)11-17-10-16(12-24(20)21(17)19)15-5-7-22-8-6-15/h3-9,16-17H,10-13H2,1-2H3. The van der Waals surface area contributed by atoms with Crippen molar-refractivity contribution in [1.29, 1.82) is 0 Å². The number of hydrogen-bond acceptors (Lipinski definition) is 2.